The predicted octanol–water partition coefficient (Wildman–Crippen LogP) is 5.19. The summed E-state index contributed by atoms with van der Waals surface area (Å²) < 4.78 is 100. The Labute approximate surface area is 858 Å². The van der Waals surface area contributed by atoms with Gasteiger partial charge in [0.05, 0.1) is 69.0 Å². The molecule has 16 heterocycles. The molecule has 142 heavy (non-hydrogen) atoms. The van der Waals surface area contributed by atoms with Crippen LogP contribution in [-0.4, -0.2) is 327 Å². The Morgan fingerprint density at radius 1 is 0.465 bits per heavy atom. The minimum absolute atomic E-state index is 0. The van der Waals surface area contributed by atoms with E-state index in [0.717, 1.165) is 60.2 Å². The Bertz CT molecular complexity index is 5220. The Kier molecular flexibility index (Phi) is 43.4. The molecule has 55 heteroatoms. The van der Waals surface area contributed by atoms with Crippen molar-refractivity contribution in [1.82, 2.24) is 111 Å². The van der Waals surface area contributed by atoms with E-state index in [1.165, 1.54) is 130 Å². The second-order valence-electron chi connectivity index (χ2n) is 34.6. The number of unbranched alkanes of at least 4 members (excludes halogenated alkanes) is 4. The van der Waals surface area contributed by atoms with Crippen LogP contribution in [0.5, 0.6) is 0 Å². The van der Waals surface area contributed by atoms with Crippen molar-refractivity contribution < 1.29 is 160 Å². The largest absolute Gasteiger partial charge is 1.00 e. The molecular weight excluding hydrogens is 2030 g/mol. The molecule has 14 amide bonds. The summed E-state index contributed by atoms with van der Waals surface area (Å²) in [5.41, 5.74) is 4.75. The van der Waals surface area contributed by atoms with Crippen LogP contribution in [0.25, 0.3) is 0 Å². The van der Waals surface area contributed by atoms with Gasteiger partial charge in [0.2, 0.25) is 82.3 Å². The van der Waals surface area contributed by atoms with E-state index in [1.807, 2.05) is 114 Å². The number of aldehydes is 1. The van der Waals surface area contributed by atoms with Gasteiger partial charge >= 0.3 is 71.7 Å². The van der Waals surface area contributed by atoms with Crippen molar-refractivity contribution in [2.24, 2.45) is 5.84 Å². The van der Waals surface area contributed by atoms with Crippen LogP contribution in [0, 0.1) is 0 Å². The number of nitrogens with zero attached hydrogens (tertiary/aromatic N) is 21. The van der Waals surface area contributed by atoms with E-state index in [1.54, 1.807) is 15.2 Å². The summed E-state index contributed by atoms with van der Waals surface area (Å²) in [5.74, 6) is 4.68. The van der Waals surface area contributed by atoms with Gasteiger partial charge in [0.25, 0.3) is 0 Å². The number of amides is 14. The summed E-state index contributed by atoms with van der Waals surface area (Å²) >= 11 is 1.96. The zero-order valence-corrected chi connectivity index (χ0v) is 85.4. The molecule has 0 saturated carbocycles. The molecular formula is C87H122IN24NaO27S2. The Morgan fingerprint density at radius 3 is 1.04 bits per heavy atom. The molecule has 51 nitrogen and oxygen atoms in total. The molecule has 0 radical (unpaired) electrons. The number of nitrogens with two attached hydrogens (primary N) is 1. The van der Waals surface area contributed by atoms with Crippen molar-refractivity contribution >= 4 is 104 Å². The number of urea groups is 6. The average Bonchev–Trinajstić information content (AvgIpc) is 1.63. The second kappa shape index (κ2) is 55.3. The van der Waals surface area contributed by atoms with E-state index >= 15 is 0 Å². The van der Waals surface area contributed by atoms with Crippen LogP contribution in [0.4, 0.5) is 28.8 Å². The summed E-state index contributed by atoms with van der Waals surface area (Å²) in [4.78, 5) is 142. The van der Waals surface area contributed by atoms with Gasteiger partial charge in [-0.05, 0) is 124 Å². The first-order chi connectivity index (χ1) is 68.4. The molecule has 6 N–H and O–H groups in total. The number of nitrogens with one attached hydrogen (secondary N) is 2. The minimum atomic E-state index is -4.97. The summed E-state index contributed by atoms with van der Waals surface area (Å²) in [6, 6.07) is 23.1. The molecule has 12 saturated heterocycles. The monoisotopic (exact) mass is 2150 g/mol. The smallest absolute Gasteiger partial charge is 0.724 e. The maximum atomic E-state index is 12.6. The average molecular weight is 2150 g/mol. The molecule has 12 bridgehead atoms. The van der Waals surface area contributed by atoms with Crippen LogP contribution >= 0.6 is 22.6 Å². The molecule has 0 aliphatic carbocycles. The molecule has 19 rings (SSSR count). The van der Waals surface area contributed by atoms with Crippen LogP contribution < -0.4 is 46.1 Å². The van der Waals surface area contributed by atoms with Gasteiger partial charge in [-0.2, -0.15) is 33.9 Å². The van der Waals surface area contributed by atoms with Gasteiger partial charge in [-0.1, -0.05) is 167 Å². The normalized spacial score (nSPS) is 23.1. The van der Waals surface area contributed by atoms with Crippen molar-refractivity contribution in [2.75, 3.05) is 76.9 Å². The third-order valence-electron chi connectivity index (χ3n) is 25.5. The number of hydrazine groups is 1. The number of rotatable bonds is 34. The second-order valence-corrected chi connectivity index (χ2v) is 36.5. The maximum absolute atomic E-state index is 12.6. The van der Waals surface area contributed by atoms with Crippen molar-refractivity contribution in [3.8, 4) is 0 Å². The molecule has 12 aliphatic heterocycles. The van der Waals surface area contributed by atoms with Gasteiger partial charge in [0.1, 0.15) is 62.4 Å². The standard InChI is InChI=1S/C16H19N3O4.C16H36N.C15H16N4O3.C14H16N2O4.2C8H10N4O6S.C8H10N4O3.CH3I.CH4N2O.Na/c20-9-8-17-15(21)14-7-6-13-10-18(14)16(22)19(13)23-11-12-4-2-1-3-5-12;1-5-9-13-17(14-10-6-2,15-11-7-3)16-12-8-4;20-15-18-8-12(6-7-13(18)14-17-16-10-21-14)19(15)22-9-11-4-2-1-3-5-11;17-13(18)12-7-6-11-8-15(12)14(19)16(11)20-9-10-4-2-1-3-5-10;2*13-8-11-3-5(12(8)18-19(14,15)16)1-2-6(11)7-10-9-4-17-7;13-8-11-3-5(12(8)14)1-2-6(11)7-10-9-4-15-7;1-2;2-3-1-4;/h1-5,9,13-14H,6-8,10-11H2,(H,17,21);5-16H2,1-4H3;1-5,10,12-13H,6-9H2;1-5,11-12H,6-9H2,(H,17,18);2*4-6H,1-3H2,(H,14,15,16);4-6,14H,1-3H2;1H3;1H,2H2,(H,3,4);/q;+1;;;;;;;;+1/p-2/t13-,14+;;12-,13+;11-,12+;3*5-,6+;;;/m1.11111.../s1/i;;;;;;;1D;;. The third kappa shape index (κ3) is 30.2. The van der Waals surface area contributed by atoms with Crippen LogP contribution in [0.15, 0.2) is 134 Å². The van der Waals surface area contributed by atoms with Crippen LogP contribution in [0.1, 0.15) is 222 Å². The summed E-state index contributed by atoms with van der Waals surface area (Å²) in [6.45, 7) is 18.6. The van der Waals surface area contributed by atoms with Crippen molar-refractivity contribution in [1.29, 1.82) is 0 Å². The van der Waals surface area contributed by atoms with Crippen molar-refractivity contribution in [3.63, 3.8) is 0 Å². The summed E-state index contributed by atoms with van der Waals surface area (Å²) in [5, 5.41) is 56.9. The number of halogens is 1. The Hall–Kier alpha value is -10.8. The zero-order valence-electron chi connectivity index (χ0n) is 80.6. The number of carboxylic acid groups (broad SMARTS) is 1. The van der Waals surface area contributed by atoms with Crippen LogP contribution in [0.3, 0.4) is 0 Å². The fraction of sp³-hybridized carbons (Fsp3) is 0.586. The van der Waals surface area contributed by atoms with Crippen molar-refractivity contribution in [2.45, 2.75) is 248 Å². The van der Waals surface area contributed by atoms with Crippen molar-refractivity contribution in [3.05, 3.63) is 157 Å². The number of hydrogen-bond donors (Lipinski definition) is 5. The quantitative estimate of drug-likeness (QED) is 0.00296. The maximum Gasteiger partial charge on any atom is 1.00 e. The number of aromatic nitrogens is 8. The number of carboxylic acids is 1. The number of benzene rings is 3. The van der Waals surface area contributed by atoms with E-state index in [2.05, 4.69) is 88.2 Å². The molecule has 12 atom stereocenters. The number of carbonyl (C=O) groups excluding carboxylic acids is 9. The number of alkyl halides is 1. The van der Waals surface area contributed by atoms with E-state index in [4.69, 9.17) is 43.5 Å². The number of hydroxylamine groups is 12. The number of quaternary nitrogens is 1. The van der Waals surface area contributed by atoms with E-state index in [-0.39, 0.29) is 127 Å². The Morgan fingerprint density at radius 2 is 0.739 bits per heavy atom. The van der Waals surface area contributed by atoms with Gasteiger partial charge in [0.15, 0.2) is 0 Å². The first kappa shape index (κ1) is 112. The molecule has 0 spiro atoms. The summed E-state index contributed by atoms with van der Waals surface area (Å²) in [7, 11) is -9.95. The van der Waals surface area contributed by atoms with Gasteiger partial charge in [0, 0.05) is 40.6 Å². The van der Waals surface area contributed by atoms with Gasteiger partial charge in [-0.3, -0.25) is 34.7 Å². The SMILES string of the molecule is CCCC[N+](CCCC)(CCCC)CCCC.NNC=O.O=C(O)[C@@H]1CC[C@@H]2CN1C(=O)N2OCc1ccccc1.O=C1N(O)[C@@H]2CC[C@@H](c3nnco3)N1C2.O=C1N2C[C@@H](CC[C@H]2c2nnco2)N1OCc1ccccc1.O=C1N2C[C@@H](CC[C@H]2c2nnco2)N1OS(=O)(=O)[O-].O=C1N2C[C@@H](CC[C@H]2c2nnco2)N1OS(=O)(=O)[O-].O=CCNC(=O)[C@@H]1CC[C@@H]2CN1C(=O)N2OCc1ccccc1.[2H]CI.[Na+]. The van der Waals surface area contributed by atoms with Gasteiger partial charge in [-0.25, -0.2) is 61.3 Å². The number of aliphatic carboxylic acids is 1. The molecule has 772 valence electrons. The molecule has 4 aromatic heterocycles. The fourth-order valence-corrected chi connectivity index (χ4v) is 19.4. The number of carbonyl (C=O) groups is 10. The number of fused-ring (bicyclic) bond motifs is 12. The molecule has 12 aliphatic rings. The van der Waals surface area contributed by atoms with Crippen LogP contribution in [0.2, 0.25) is 0 Å². The van der Waals surface area contributed by atoms with E-state index in [9.17, 15) is 74.3 Å². The molecule has 12 fully saturated rings. The van der Waals surface area contributed by atoms with Gasteiger partial charge in [-0.15, -0.1) is 40.8 Å². The molecule has 0 unspecified atom stereocenters. The van der Waals surface area contributed by atoms with Crippen LogP contribution in [-0.2, 0) is 82.9 Å². The first-order valence-electron chi connectivity index (χ1n) is 47.3. The number of hydrogen-bond acceptors (Lipinski definition) is 35. The third-order valence-corrected chi connectivity index (χ3v) is 26.2. The first-order valence-corrected chi connectivity index (χ1v) is 50.8. The number of piperidine rings is 6. The van der Waals surface area contributed by atoms with E-state index in [0.29, 0.717) is 137 Å². The predicted molar refractivity (Wildman–Crippen MR) is 494 cm³/mol. The fourth-order valence-electron chi connectivity index (χ4n) is 18.6. The Balaban J connectivity index is 0.000000170. The molecule has 3 aromatic carbocycles. The zero-order chi connectivity index (χ0) is 102. The summed E-state index contributed by atoms with van der Waals surface area (Å²) in [6.07, 6.45) is 24.5. The van der Waals surface area contributed by atoms with Gasteiger partial charge < -0.3 is 75.9 Å². The molecule has 7 aromatic rings. The minimum Gasteiger partial charge on any atom is -0.724 e. The topological polar surface area (TPSA) is 616 Å². The van der Waals surface area contributed by atoms with E-state index < -0.39 is 75.1 Å².